The number of hydrogen-bond acceptors (Lipinski definition) is 3. The first-order valence-corrected chi connectivity index (χ1v) is 5.15. The molecule has 0 bridgehead atoms. The van der Waals surface area contributed by atoms with E-state index in [1.54, 1.807) is 11.1 Å². The maximum Gasteiger partial charge on any atom is 0.223 e. The maximum absolute atomic E-state index is 11.5. The molecule has 1 amide bonds. The SMILES string of the molecule is CN1CC(c2ccccn2)NCCC1=O. The quantitative estimate of drug-likeness (QED) is 0.729. The van der Waals surface area contributed by atoms with Crippen molar-refractivity contribution in [2.45, 2.75) is 12.5 Å². The van der Waals surface area contributed by atoms with E-state index >= 15 is 0 Å². The van der Waals surface area contributed by atoms with Gasteiger partial charge in [-0.3, -0.25) is 9.78 Å². The predicted molar refractivity (Wildman–Crippen MR) is 57.2 cm³/mol. The third-order valence-electron chi connectivity index (χ3n) is 2.66. The van der Waals surface area contributed by atoms with Crippen LogP contribution in [0, 0.1) is 0 Å². The molecule has 15 heavy (non-hydrogen) atoms. The fourth-order valence-corrected chi connectivity index (χ4v) is 1.76. The van der Waals surface area contributed by atoms with E-state index in [-0.39, 0.29) is 11.9 Å². The second-order valence-corrected chi connectivity index (χ2v) is 3.79. The smallest absolute Gasteiger partial charge is 0.223 e. The lowest BCUT2D eigenvalue weighted by molar-refractivity contribution is -0.129. The maximum atomic E-state index is 11.5. The molecule has 0 aromatic carbocycles. The minimum atomic E-state index is 0.155. The van der Waals surface area contributed by atoms with Gasteiger partial charge in [0.15, 0.2) is 0 Å². The first-order chi connectivity index (χ1) is 7.27. The van der Waals surface area contributed by atoms with Gasteiger partial charge in [-0.1, -0.05) is 6.07 Å². The molecule has 1 atom stereocenters. The minimum Gasteiger partial charge on any atom is -0.344 e. The van der Waals surface area contributed by atoms with Crippen molar-refractivity contribution in [1.82, 2.24) is 15.2 Å². The van der Waals surface area contributed by atoms with Gasteiger partial charge in [-0.15, -0.1) is 0 Å². The molecule has 4 heteroatoms. The molecule has 0 aliphatic carbocycles. The summed E-state index contributed by atoms with van der Waals surface area (Å²) in [6, 6.07) is 6.01. The normalized spacial score (nSPS) is 22.6. The largest absolute Gasteiger partial charge is 0.344 e. The highest BCUT2D eigenvalue weighted by molar-refractivity contribution is 5.76. The van der Waals surface area contributed by atoms with E-state index in [1.807, 2.05) is 25.2 Å². The van der Waals surface area contributed by atoms with Crippen molar-refractivity contribution >= 4 is 5.91 Å². The van der Waals surface area contributed by atoms with Crippen molar-refractivity contribution < 1.29 is 4.79 Å². The van der Waals surface area contributed by atoms with E-state index in [2.05, 4.69) is 10.3 Å². The van der Waals surface area contributed by atoms with E-state index in [0.717, 1.165) is 12.2 Å². The Morgan fingerprint density at radius 1 is 1.53 bits per heavy atom. The van der Waals surface area contributed by atoms with Crippen molar-refractivity contribution in [3.63, 3.8) is 0 Å². The second-order valence-electron chi connectivity index (χ2n) is 3.79. The molecule has 1 aromatic rings. The summed E-state index contributed by atoms with van der Waals surface area (Å²) in [6.45, 7) is 1.42. The Bertz CT molecular complexity index is 339. The van der Waals surface area contributed by atoms with Crippen LogP contribution >= 0.6 is 0 Å². The van der Waals surface area contributed by atoms with Crippen molar-refractivity contribution in [2.24, 2.45) is 0 Å². The van der Waals surface area contributed by atoms with Crippen LogP contribution in [0.4, 0.5) is 0 Å². The van der Waals surface area contributed by atoms with E-state index in [1.165, 1.54) is 0 Å². The molecule has 4 nitrogen and oxygen atoms in total. The summed E-state index contributed by atoms with van der Waals surface area (Å²) in [6.07, 6.45) is 2.35. The number of nitrogens with zero attached hydrogens (tertiary/aromatic N) is 2. The van der Waals surface area contributed by atoms with Crippen molar-refractivity contribution in [1.29, 1.82) is 0 Å². The third-order valence-corrected chi connectivity index (χ3v) is 2.66. The number of aromatic nitrogens is 1. The highest BCUT2D eigenvalue weighted by atomic mass is 16.2. The molecule has 0 spiro atoms. The van der Waals surface area contributed by atoms with E-state index < -0.39 is 0 Å². The van der Waals surface area contributed by atoms with Crippen LogP contribution in [-0.2, 0) is 4.79 Å². The Hall–Kier alpha value is -1.42. The third kappa shape index (κ3) is 2.33. The summed E-state index contributed by atoms with van der Waals surface area (Å²) in [5, 5.41) is 3.33. The molecule has 1 aromatic heterocycles. The lowest BCUT2D eigenvalue weighted by atomic mass is 10.2. The Morgan fingerprint density at radius 3 is 3.13 bits per heavy atom. The molecule has 1 fully saturated rings. The number of carbonyl (C=O) groups is 1. The number of rotatable bonds is 1. The summed E-state index contributed by atoms with van der Waals surface area (Å²) in [4.78, 5) is 17.5. The Kier molecular flexibility index (Phi) is 2.97. The number of nitrogens with one attached hydrogen (secondary N) is 1. The first kappa shape index (κ1) is 10.1. The van der Waals surface area contributed by atoms with Crippen LogP contribution in [0.3, 0.4) is 0 Å². The molecule has 1 aliphatic rings. The van der Waals surface area contributed by atoms with Crippen molar-refractivity contribution in [2.75, 3.05) is 20.1 Å². The van der Waals surface area contributed by atoms with Gasteiger partial charge >= 0.3 is 0 Å². The standard InChI is InChI=1S/C11H15N3O/c1-14-8-10(13-7-5-11(14)15)9-4-2-3-6-12-9/h2-4,6,10,13H,5,7-8H2,1H3. The number of carbonyl (C=O) groups excluding carboxylic acids is 1. The number of hydrogen-bond donors (Lipinski definition) is 1. The number of amides is 1. The van der Waals surface area contributed by atoms with Gasteiger partial charge in [0.1, 0.15) is 0 Å². The summed E-state index contributed by atoms with van der Waals surface area (Å²) < 4.78 is 0. The lowest BCUT2D eigenvalue weighted by Crippen LogP contribution is -2.31. The Morgan fingerprint density at radius 2 is 2.40 bits per heavy atom. The average molecular weight is 205 g/mol. The molecular formula is C11H15N3O. The fourth-order valence-electron chi connectivity index (χ4n) is 1.76. The highest BCUT2D eigenvalue weighted by Crippen LogP contribution is 2.13. The molecule has 1 saturated heterocycles. The lowest BCUT2D eigenvalue weighted by Gasteiger charge is -2.20. The molecule has 1 unspecified atom stereocenters. The van der Waals surface area contributed by atoms with Crippen LogP contribution in [0.15, 0.2) is 24.4 Å². The van der Waals surface area contributed by atoms with Gasteiger partial charge in [0.25, 0.3) is 0 Å². The monoisotopic (exact) mass is 205 g/mol. The van der Waals surface area contributed by atoms with Gasteiger partial charge in [0.2, 0.25) is 5.91 Å². The molecule has 2 heterocycles. The van der Waals surface area contributed by atoms with Crippen molar-refractivity contribution in [3.8, 4) is 0 Å². The highest BCUT2D eigenvalue weighted by Gasteiger charge is 2.21. The Labute approximate surface area is 89.3 Å². The van der Waals surface area contributed by atoms with Crippen molar-refractivity contribution in [3.05, 3.63) is 30.1 Å². The van der Waals surface area contributed by atoms with Gasteiger partial charge in [-0.2, -0.15) is 0 Å². The summed E-state index contributed by atoms with van der Waals surface area (Å²) in [5.41, 5.74) is 0.999. The second kappa shape index (κ2) is 4.40. The molecular weight excluding hydrogens is 190 g/mol. The number of likely N-dealkylation sites (N-methyl/N-ethyl adjacent to an activating group) is 1. The summed E-state index contributed by atoms with van der Waals surface area (Å²) in [7, 11) is 1.84. The first-order valence-electron chi connectivity index (χ1n) is 5.15. The van der Waals surface area contributed by atoms with Gasteiger partial charge in [-0.25, -0.2) is 0 Å². The van der Waals surface area contributed by atoms with Crippen LogP contribution < -0.4 is 5.32 Å². The zero-order valence-electron chi connectivity index (χ0n) is 8.81. The van der Waals surface area contributed by atoms with Gasteiger partial charge in [0, 0.05) is 32.8 Å². The number of pyridine rings is 1. The van der Waals surface area contributed by atoms with Crippen LogP contribution in [0.1, 0.15) is 18.2 Å². The van der Waals surface area contributed by atoms with E-state index in [0.29, 0.717) is 13.0 Å². The van der Waals surface area contributed by atoms with Gasteiger partial charge in [-0.05, 0) is 12.1 Å². The summed E-state index contributed by atoms with van der Waals surface area (Å²) >= 11 is 0. The van der Waals surface area contributed by atoms with Gasteiger partial charge in [0.05, 0.1) is 11.7 Å². The zero-order chi connectivity index (χ0) is 10.7. The predicted octanol–water partition coefficient (Wildman–Crippen LogP) is 0.574. The zero-order valence-corrected chi connectivity index (χ0v) is 8.81. The summed E-state index contributed by atoms with van der Waals surface area (Å²) in [5.74, 6) is 0.195. The Balaban J connectivity index is 2.13. The van der Waals surface area contributed by atoms with Gasteiger partial charge < -0.3 is 10.2 Å². The molecule has 1 aliphatic heterocycles. The molecule has 0 saturated carbocycles. The molecule has 2 rings (SSSR count). The fraction of sp³-hybridized carbons (Fsp3) is 0.455. The van der Waals surface area contributed by atoms with E-state index in [9.17, 15) is 4.79 Å². The van der Waals surface area contributed by atoms with Crippen LogP contribution in [0.25, 0.3) is 0 Å². The molecule has 1 N–H and O–H groups in total. The molecule has 80 valence electrons. The average Bonchev–Trinajstić information content (AvgIpc) is 2.43. The minimum absolute atomic E-state index is 0.155. The van der Waals surface area contributed by atoms with Crippen LogP contribution in [0.5, 0.6) is 0 Å². The van der Waals surface area contributed by atoms with Crippen LogP contribution in [-0.4, -0.2) is 35.9 Å². The van der Waals surface area contributed by atoms with Crippen LogP contribution in [0.2, 0.25) is 0 Å². The van der Waals surface area contributed by atoms with E-state index in [4.69, 9.17) is 0 Å². The molecule has 0 radical (unpaired) electrons. The topological polar surface area (TPSA) is 45.2 Å².